The van der Waals surface area contributed by atoms with Gasteiger partial charge < -0.3 is 9.80 Å². The Morgan fingerprint density at radius 1 is 0.282 bits per heavy atom. The number of hydrogen-bond acceptors (Lipinski definition) is 2. The molecule has 6 aromatic carbocycles. The number of anilines is 5. The molecule has 0 aliphatic carbocycles. The molecule has 188 valence electrons. The highest BCUT2D eigenvalue weighted by atomic mass is 15.1. The van der Waals surface area contributed by atoms with Crippen LogP contribution >= 0.6 is 0 Å². The van der Waals surface area contributed by atoms with Gasteiger partial charge in [-0.25, -0.2) is 0 Å². The fraction of sp³-hybridized carbons (Fsp3) is 0.0270. The Balaban J connectivity index is 1.28. The molecule has 0 fully saturated rings. The van der Waals surface area contributed by atoms with Crippen LogP contribution in [0.4, 0.5) is 28.4 Å². The van der Waals surface area contributed by atoms with Crippen molar-refractivity contribution in [1.82, 2.24) is 0 Å². The van der Waals surface area contributed by atoms with Gasteiger partial charge in [-0.2, -0.15) is 0 Å². The molecule has 0 aliphatic rings. The van der Waals surface area contributed by atoms with Crippen LogP contribution in [0.2, 0.25) is 0 Å². The molecule has 0 radical (unpaired) electrons. The second kappa shape index (κ2) is 11.1. The maximum Gasteiger partial charge on any atom is 0.0462 e. The van der Waals surface area contributed by atoms with E-state index in [4.69, 9.17) is 0 Å². The van der Waals surface area contributed by atoms with Gasteiger partial charge in [0.15, 0.2) is 0 Å². The van der Waals surface area contributed by atoms with Crippen LogP contribution in [0.1, 0.15) is 0 Å². The topological polar surface area (TPSA) is 6.48 Å². The second-order valence-corrected chi connectivity index (χ2v) is 9.57. The molecule has 0 unspecified atom stereocenters. The van der Waals surface area contributed by atoms with Crippen LogP contribution < -0.4 is 9.80 Å². The summed E-state index contributed by atoms with van der Waals surface area (Å²) < 4.78 is 0. The van der Waals surface area contributed by atoms with Crippen molar-refractivity contribution in [3.8, 4) is 22.3 Å². The van der Waals surface area contributed by atoms with E-state index in [0.717, 1.165) is 22.7 Å². The average molecular weight is 503 g/mol. The first kappa shape index (κ1) is 24.3. The maximum absolute atomic E-state index is 2.30. The zero-order valence-electron chi connectivity index (χ0n) is 22.0. The minimum absolute atomic E-state index is 1.12. The van der Waals surface area contributed by atoms with E-state index in [1.54, 1.807) is 0 Å². The van der Waals surface area contributed by atoms with Crippen molar-refractivity contribution in [2.24, 2.45) is 0 Å². The van der Waals surface area contributed by atoms with Crippen molar-refractivity contribution in [1.29, 1.82) is 0 Å². The summed E-state index contributed by atoms with van der Waals surface area (Å²) in [6.07, 6.45) is 0. The minimum atomic E-state index is 1.12. The molecule has 0 N–H and O–H groups in total. The normalized spacial score (nSPS) is 10.7. The quantitative estimate of drug-likeness (QED) is 0.214. The summed E-state index contributed by atoms with van der Waals surface area (Å²) in [6, 6.07) is 57.8. The van der Waals surface area contributed by atoms with Crippen LogP contribution in [-0.2, 0) is 0 Å². The Bertz CT molecular complexity index is 1610. The summed E-state index contributed by atoms with van der Waals surface area (Å²) in [5, 5.41) is 0. The highest BCUT2D eigenvalue weighted by Gasteiger charge is 2.13. The van der Waals surface area contributed by atoms with Crippen LogP contribution in [0, 0.1) is 0 Å². The largest absolute Gasteiger partial charge is 0.345 e. The van der Waals surface area contributed by atoms with Crippen molar-refractivity contribution >= 4 is 28.4 Å². The SMILES string of the molecule is CN(c1ccccc1)c1ccc(-c2ccc(N(c3ccccc3)c3ccc(-c4ccccc4)cc3)cc2)cc1. The molecule has 0 bridgehead atoms. The Morgan fingerprint density at radius 2 is 0.564 bits per heavy atom. The van der Waals surface area contributed by atoms with Gasteiger partial charge in [-0.15, -0.1) is 0 Å². The summed E-state index contributed by atoms with van der Waals surface area (Å²) in [4.78, 5) is 4.50. The number of nitrogens with zero attached hydrogens (tertiary/aromatic N) is 2. The van der Waals surface area contributed by atoms with E-state index in [0.29, 0.717) is 0 Å². The van der Waals surface area contributed by atoms with E-state index >= 15 is 0 Å². The van der Waals surface area contributed by atoms with Gasteiger partial charge in [-0.05, 0) is 82.9 Å². The van der Waals surface area contributed by atoms with Gasteiger partial charge >= 0.3 is 0 Å². The maximum atomic E-state index is 2.30. The highest BCUT2D eigenvalue weighted by molar-refractivity contribution is 5.80. The molecule has 6 rings (SSSR count). The standard InChI is InChI=1S/C37H30N2/c1-38(33-13-7-3-8-14-33)34-23-17-31(18-24-34)32-21-27-37(28-22-32)39(35-15-9-4-10-16-35)36-25-19-30(20-26-36)29-11-5-2-6-12-29/h2-28H,1H3. The Hall–Kier alpha value is -5.08. The number of para-hydroxylation sites is 2. The van der Waals surface area contributed by atoms with Crippen LogP contribution in [0.5, 0.6) is 0 Å². The highest BCUT2D eigenvalue weighted by Crippen LogP contribution is 2.36. The van der Waals surface area contributed by atoms with Crippen LogP contribution in [0.15, 0.2) is 164 Å². The van der Waals surface area contributed by atoms with Crippen LogP contribution in [0.3, 0.4) is 0 Å². The lowest BCUT2D eigenvalue weighted by atomic mass is 10.0. The third kappa shape index (κ3) is 5.32. The Kier molecular flexibility index (Phi) is 6.92. The average Bonchev–Trinajstić information content (AvgIpc) is 3.03. The van der Waals surface area contributed by atoms with Crippen molar-refractivity contribution in [3.63, 3.8) is 0 Å². The first-order valence-electron chi connectivity index (χ1n) is 13.3. The fourth-order valence-corrected chi connectivity index (χ4v) is 4.94. The summed E-state index contributed by atoms with van der Waals surface area (Å²) in [7, 11) is 2.10. The van der Waals surface area contributed by atoms with Gasteiger partial charge in [0.25, 0.3) is 0 Å². The van der Waals surface area contributed by atoms with E-state index in [2.05, 4.69) is 175 Å². The fourth-order valence-electron chi connectivity index (χ4n) is 4.94. The van der Waals surface area contributed by atoms with Gasteiger partial charge in [-0.3, -0.25) is 0 Å². The van der Waals surface area contributed by atoms with E-state index < -0.39 is 0 Å². The third-order valence-corrected chi connectivity index (χ3v) is 7.10. The van der Waals surface area contributed by atoms with Crippen molar-refractivity contribution in [2.45, 2.75) is 0 Å². The van der Waals surface area contributed by atoms with E-state index in [9.17, 15) is 0 Å². The van der Waals surface area contributed by atoms with Gasteiger partial charge in [-0.1, -0.05) is 103 Å². The molecule has 0 saturated carbocycles. The molecule has 0 atom stereocenters. The molecule has 0 saturated heterocycles. The minimum Gasteiger partial charge on any atom is -0.345 e. The van der Waals surface area contributed by atoms with Gasteiger partial charge in [0.05, 0.1) is 0 Å². The first-order chi connectivity index (χ1) is 19.3. The van der Waals surface area contributed by atoms with E-state index in [-0.39, 0.29) is 0 Å². The lowest BCUT2D eigenvalue weighted by Crippen LogP contribution is -2.09. The number of benzene rings is 6. The molecule has 6 aromatic rings. The van der Waals surface area contributed by atoms with Gasteiger partial charge in [0.2, 0.25) is 0 Å². The third-order valence-electron chi connectivity index (χ3n) is 7.10. The molecule has 0 spiro atoms. The van der Waals surface area contributed by atoms with Crippen molar-refractivity contribution < 1.29 is 0 Å². The lowest BCUT2D eigenvalue weighted by molar-refractivity contribution is 1.21. The summed E-state index contributed by atoms with van der Waals surface area (Å²) in [6.45, 7) is 0. The van der Waals surface area contributed by atoms with Crippen molar-refractivity contribution in [3.05, 3.63) is 164 Å². The van der Waals surface area contributed by atoms with Crippen LogP contribution in [-0.4, -0.2) is 7.05 Å². The molecule has 39 heavy (non-hydrogen) atoms. The molecule has 2 heteroatoms. The predicted molar refractivity (Wildman–Crippen MR) is 167 cm³/mol. The predicted octanol–water partition coefficient (Wildman–Crippen LogP) is 10.3. The van der Waals surface area contributed by atoms with Gasteiger partial charge in [0, 0.05) is 35.5 Å². The molecule has 0 amide bonds. The lowest BCUT2D eigenvalue weighted by Gasteiger charge is -2.26. The summed E-state index contributed by atoms with van der Waals surface area (Å²) >= 11 is 0. The first-order valence-corrected chi connectivity index (χ1v) is 13.3. The summed E-state index contributed by atoms with van der Waals surface area (Å²) in [5.41, 5.74) is 10.5. The molecule has 0 aliphatic heterocycles. The summed E-state index contributed by atoms with van der Waals surface area (Å²) in [5.74, 6) is 0. The Morgan fingerprint density at radius 3 is 1.00 bits per heavy atom. The molecule has 0 heterocycles. The van der Waals surface area contributed by atoms with Crippen molar-refractivity contribution in [2.75, 3.05) is 16.8 Å². The Labute approximate surface area is 231 Å². The smallest absolute Gasteiger partial charge is 0.0462 e. The van der Waals surface area contributed by atoms with E-state index in [1.165, 1.54) is 27.9 Å². The molecular formula is C37H30N2. The monoisotopic (exact) mass is 502 g/mol. The van der Waals surface area contributed by atoms with E-state index in [1.807, 2.05) is 6.07 Å². The molecular weight excluding hydrogens is 472 g/mol. The number of rotatable bonds is 7. The molecule has 2 nitrogen and oxygen atoms in total. The number of hydrogen-bond donors (Lipinski definition) is 0. The molecule has 0 aromatic heterocycles. The second-order valence-electron chi connectivity index (χ2n) is 9.57. The zero-order valence-corrected chi connectivity index (χ0v) is 22.0. The zero-order chi connectivity index (χ0) is 26.4. The van der Waals surface area contributed by atoms with Crippen LogP contribution in [0.25, 0.3) is 22.3 Å². The van der Waals surface area contributed by atoms with Gasteiger partial charge in [0.1, 0.15) is 0 Å².